The van der Waals surface area contributed by atoms with E-state index in [-0.39, 0.29) is 17.5 Å². The number of carboxylic acids is 1. The molecule has 172 valence electrons. The average molecular weight is 450 g/mol. The number of aromatic amines is 1. The number of carboxylic acid groups (broad SMARTS) is 1. The Morgan fingerprint density at radius 1 is 1.15 bits per heavy atom. The number of aromatic carboxylic acids is 1. The zero-order valence-corrected chi connectivity index (χ0v) is 18.7. The fourth-order valence-electron chi connectivity index (χ4n) is 4.14. The lowest BCUT2D eigenvalue weighted by atomic mass is 9.92. The van der Waals surface area contributed by atoms with E-state index in [4.69, 9.17) is 4.74 Å². The van der Waals surface area contributed by atoms with E-state index < -0.39 is 23.7 Å². The minimum Gasteiger partial charge on any atom is -0.477 e. The molecule has 3 aromatic rings. The van der Waals surface area contributed by atoms with Crippen LogP contribution in [-0.2, 0) is 9.53 Å². The molecule has 1 fully saturated rings. The van der Waals surface area contributed by atoms with Crippen LogP contribution in [0.25, 0.3) is 10.9 Å². The Morgan fingerprint density at radius 2 is 1.88 bits per heavy atom. The maximum Gasteiger partial charge on any atom is 0.410 e. The van der Waals surface area contributed by atoms with E-state index in [1.165, 1.54) is 11.0 Å². The third-order valence-electron chi connectivity index (χ3n) is 5.55. The molecule has 0 radical (unpaired) electrons. The second-order valence-corrected chi connectivity index (χ2v) is 9.07. The van der Waals surface area contributed by atoms with Gasteiger partial charge in [-0.1, -0.05) is 0 Å². The van der Waals surface area contributed by atoms with Gasteiger partial charge in [0.05, 0.1) is 0 Å². The lowest BCUT2D eigenvalue weighted by molar-refractivity contribution is -0.120. The van der Waals surface area contributed by atoms with Crippen molar-refractivity contribution in [1.29, 1.82) is 0 Å². The molecule has 2 amide bonds. The van der Waals surface area contributed by atoms with Crippen LogP contribution in [0.3, 0.4) is 0 Å². The second kappa shape index (κ2) is 8.57. The van der Waals surface area contributed by atoms with Crippen LogP contribution < -0.4 is 5.32 Å². The quantitative estimate of drug-likeness (QED) is 0.552. The van der Waals surface area contributed by atoms with Crippen molar-refractivity contribution in [3.63, 3.8) is 0 Å². The number of carbonyl (C=O) groups is 3. The molecular weight excluding hydrogens is 424 g/mol. The van der Waals surface area contributed by atoms with E-state index in [0.29, 0.717) is 29.6 Å². The highest BCUT2D eigenvalue weighted by molar-refractivity contribution is 6.00. The molecule has 2 aromatic heterocycles. The molecule has 4 rings (SSSR count). The van der Waals surface area contributed by atoms with Crippen molar-refractivity contribution in [2.45, 2.75) is 44.8 Å². The highest BCUT2D eigenvalue weighted by Gasteiger charge is 2.44. The summed E-state index contributed by atoms with van der Waals surface area (Å²) in [5, 5.41) is 12.7. The van der Waals surface area contributed by atoms with Crippen LogP contribution in [0.4, 0.5) is 10.5 Å². The van der Waals surface area contributed by atoms with Gasteiger partial charge in [0.1, 0.15) is 17.3 Å². The third kappa shape index (κ3) is 4.82. The first-order valence-electron chi connectivity index (χ1n) is 10.7. The average Bonchev–Trinajstić information content (AvgIpc) is 3.37. The van der Waals surface area contributed by atoms with E-state index >= 15 is 0 Å². The fourth-order valence-corrected chi connectivity index (χ4v) is 4.14. The fraction of sp³-hybridized carbons (Fsp3) is 0.333. The number of aromatic nitrogens is 2. The van der Waals surface area contributed by atoms with Crippen LogP contribution in [0.5, 0.6) is 0 Å². The van der Waals surface area contributed by atoms with Crippen LogP contribution in [0.1, 0.15) is 49.2 Å². The van der Waals surface area contributed by atoms with Gasteiger partial charge in [-0.3, -0.25) is 14.7 Å². The first-order chi connectivity index (χ1) is 15.6. The number of nitrogens with zero attached hydrogens (tertiary/aromatic N) is 2. The van der Waals surface area contributed by atoms with Crippen molar-refractivity contribution in [2.24, 2.45) is 0 Å². The van der Waals surface area contributed by atoms with Gasteiger partial charge in [0.15, 0.2) is 0 Å². The first-order valence-corrected chi connectivity index (χ1v) is 10.7. The molecule has 1 aliphatic heterocycles. The summed E-state index contributed by atoms with van der Waals surface area (Å²) in [5.74, 6) is -1.61. The van der Waals surface area contributed by atoms with E-state index in [0.717, 1.165) is 5.56 Å². The number of amides is 2. The van der Waals surface area contributed by atoms with Crippen molar-refractivity contribution in [1.82, 2.24) is 14.9 Å². The van der Waals surface area contributed by atoms with Gasteiger partial charge in [0, 0.05) is 41.4 Å². The lowest BCUT2D eigenvalue weighted by Gasteiger charge is -2.30. The molecule has 1 aromatic carbocycles. The van der Waals surface area contributed by atoms with Gasteiger partial charge >= 0.3 is 12.1 Å². The lowest BCUT2D eigenvalue weighted by Crippen LogP contribution is -2.47. The van der Waals surface area contributed by atoms with Gasteiger partial charge in [-0.2, -0.15) is 0 Å². The third-order valence-corrected chi connectivity index (χ3v) is 5.55. The molecule has 0 bridgehead atoms. The molecule has 1 saturated heterocycles. The van der Waals surface area contributed by atoms with Crippen molar-refractivity contribution >= 4 is 34.6 Å². The predicted octanol–water partition coefficient (Wildman–Crippen LogP) is 3.99. The summed E-state index contributed by atoms with van der Waals surface area (Å²) < 4.78 is 5.55. The molecule has 0 spiro atoms. The van der Waals surface area contributed by atoms with Crippen molar-refractivity contribution in [3.05, 3.63) is 60.0 Å². The van der Waals surface area contributed by atoms with E-state index in [1.54, 1.807) is 51.4 Å². The topological polar surface area (TPSA) is 125 Å². The summed E-state index contributed by atoms with van der Waals surface area (Å²) in [6, 6.07) is 9.54. The standard InChI is InChI=1S/C24H26N4O5/c1-24(2,3)33-23(32)28-11-8-17(14-6-9-25-10-7-14)20(28)21(29)26-16-4-5-18-15(12-16)13-19(27-18)22(30)31/h4-7,9-10,12-13,17,20,27H,8,11H2,1-3H3,(H,26,29)(H,30,31). The normalized spacial score (nSPS) is 18.3. The number of fused-ring (bicyclic) bond motifs is 1. The molecule has 2 unspecified atom stereocenters. The highest BCUT2D eigenvalue weighted by atomic mass is 16.6. The number of pyridine rings is 1. The molecule has 2 atom stereocenters. The van der Waals surface area contributed by atoms with Crippen LogP contribution in [0, 0.1) is 0 Å². The number of rotatable bonds is 4. The number of hydrogen-bond donors (Lipinski definition) is 3. The number of anilines is 1. The van der Waals surface area contributed by atoms with Gasteiger partial charge in [-0.05, 0) is 69.2 Å². The SMILES string of the molecule is CC(C)(C)OC(=O)N1CCC(c2ccncc2)C1C(=O)Nc1ccc2[nH]c(C(=O)O)cc2c1. The Kier molecular flexibility index (Phi) is 5.80. The molecule has 3 heterocycles. The number of likely N-dealkylation sites (tertiary alicyclic amines) is 1. The van der Waals surface area contributed by atoms with Gasteiger partial charge in [-0.15, -0.1) is 0 Å². The van der Waals surface area contributed by atoms with E-state index in [9.17, 15) is 19.5 Å². The maximum absolute atomic E-state index is 13.5. The minimum atomic E-state index is -1.06. The van der Waals surface area contributed by atoms with Crippen molar-refractivity contribution in [3.8, 4) is 0 Å². The molecule has 0 saturated carbocycles. The van der Waals surface area contributed by atoms with Gasteiger partial charge < -0.3 is 20.1 Å². The zero-order valence-electron chi connectivity index (χ0n) is 18.7. The largest absolute Gasteiger partial charge is 0.477 e. The minimum absolute atomic E-state index is 0.0677. The molecule has 0 aliphatic carbocycles. The Labute approximate surface area is 190 Å². The van der Waals surface area contributed by atoms with Crippen LogP contribution in [0.2, 0.25) is 0 Å². The molecule has 3 N–H and O–H groups in total. The van der Waals surface area contributed by atoms with Gasteiger partial charge in [0.2, 0.25) is 5.91 Å². The molecule has 33 heavy (non-hydrogen) atoms. The van der Waals surface area contributed by atoms with Crippen LogP contribution >= 0.6 is 0 Å². The summed E-state index contributed by atoms with van der Waals surface area (Å²) in [7, 11) is 0. The number of benzene rings is 1. The summed E-state index contributed by atoms with van der Waals surface area (Å²) in [5.41, 5.74) is 1.46. The van der Waals surface area contributed by atoms with Gasteiger partial charge in [0.25, 0.3) is 0 Å². The summed E-state index contributed by atoms with van der Waals surface area (Å²) in [6.07, 6.45) is 3.41. The Balaban J connectivity index is 1.62. The number of nitrogens with one attached hydrogen (secondary N) is 2. The number of H-pyrrole nitrogens is 1. The second-order valence-electron chi connectivity index (χ2n) is 9.07. The number of ether oxygens (including phenoxy) is 1. The Bertz CT molecular complexity index is 1200. The predicted molar refractivity (Wildman–Crippen MR) is 122 cm³/mol. The smallest absolute Gasteiger partial charge is 0.410 e. The Hall–Kier alpha value is -3.88. The number of carbonyl (C=O) groups excluding carboxylic acids is 2. The molecule has 9 heteroatoms. The van der Waals surface area contributed by atoms with Crippen molar-refractivity contribution in [2.75, 3.05) is 11.9 Å². The van der Waals surface area contributed by atoms with E-state index in [2.05, 4.69) is 15.3 Å². The molecule has 9 nitrogen and oxygen atoms in total. The molecular formula is C24H26N4O5. The summed E-state index contributed by atoms with van der Waals surface area (Å²) in [4.78, 5) is 45.9. The summed E-state index contributed by atoms with van der Waals surface area (Å²) >= 11 is 0. The Morgan fingerprint density at radius 3 is 2.55 bits per heavy atom. The van der Waals surface area contributed by atoms with Crippen molar-refractivity contribution < 1.29 is 24.2 Å². The van der Waals surface area contributed by atoms with E-state index in [1.807, 2.05) is 12.1 Å². The van der Waals surface area contributed by atoms with Crippen LogP contribution in [0.15, 0.2) is 48.8 Å². The van der Waals surface area contributed by atoms with Crippen LogP contribution in [-0.4, -0.2) is 56.1 Å². The highest BCUT2D eigenvalue weighted by Crippen LogP contribution is 2.35. The monoisotopic (exact) mass is 450 g/mol. The number of hydrogen-bond acceptors (Lipinski definition) is 5. The zero-order chi connectivity index (χ0) is 23.8. The maximum atomic E-state index is 13.5. The van der Waals surface area contributed by atoms with Gasteiger partial charge in [-0.25, -0.2) is 9.59 Å². The first kappa shape index (κ1) is 22.3. The molecule has 1 aliphatic rings. The summed E-state index contributed by atoms with van der Waals surface area (Å²) in [6.45, 7) is 5.74.